The molecule has 0 saturated carbocycles. The molecule has 0 bridgehead atoms. The van der Waals surface area contributed by atoms with Gasteiger partial charge < -0.3 is 4.74 Å². The summed E-state index contributed by atoms with van der Waals surface area (Å²) in [4.78, 5) is 0. The van der Waals surface area contributed by atoms with E-state index in [2.05, 4.69) is 19.6 Å². The molecule has 0 aromatic heterocycles. The maximum absolute atomic E-state index is 13.8. The molecule has 1 heterocycles. The SMILES string of the molecule is C[Si](C)(C)CC1(c2ccc(Cl)cc2F)CO1. The van der Waals surface area contributed by atoms with Gasteiger partial charge in [0, 0.05) is 18.7 Å². The van der Waals surface area contributed by atoms with Gasteiger partial charge in [-0.1, -0.05) is 37.3 Å². The number of hydrogen-bond donors (Lipinski definition) is 0. The van der Waals surface area contributed by atoms with Gasteiger partial charge in [-0.3, -0.25) is 0 Å². The molecule has 1 saturated heterocycles. The Hall–Kier alpha value is -0.383. The molecule has 0 radical (unpaired) electrons. The first-order chi connectivity index (χ1) is 7.32. The summed E-state index contributed by atoms with van der Waals surface area (Å²) >= 11 is 5.75. The van der Waals surface area contributed by atoms with E-state index in [-0.39, 0.29) is 11.4 Å². The molecule has 0 spiro atoms. The summed E-state index contributed by atoms with van der Waals surface area (Å²) < 4.78 is 19.3. The van der Waals surface area contributed by atoms with Crippen LogP contribution in [0.25, 0.3) is 0 Å². The van der Waals surface area contributed by atoms with Crippen LogP contribution in [0, 0.1) is 5.82 Å². The predicted molar refractivity (Wildman–Crippen MR) is 67.2 cm³/mol. The quantitative estimate of drug-likeness (QED) is 0.589. The fourth-order valence-electron chi connectivity index (χ4n) is 2.16. The van der Waals surface area contributed by atoms with Crippen molar-refractivity contribution in [1.29, 1.82) is 0 Å². The second-order valence-electron chi connectivity index (χ2n) is 5.64. The van der Waals surface area contributed by atoms with Gasteiger partial charge in [-0.25, -0.2) is 4.39 Å². The van der Waals surface area contributed by atoms with Crippen molar-refractivity contribution in [2.24, 2.45) is 0 Å². The molecular formula is C12H16ClFOSi. The highest BCUT2D eigenvalue weighted by molar-refractivity contribution is 6.76. The van der Waals surface area contributed by atoms with Crippen LogP contribution in [0.3, 0.4) is 0 Å². The third kappa shape index (κ3) is 2.47. The third-order valence-corrected chi connectivity index (χ3v) is 4.60. The van der Waals surface area contributed by atoms with Crippen molar-refractivity contribution in [2.45, 2.75) is 31.3 Å². The molecule has 1 aliphatic rings. The average molecular weight is 259 g/mol. The zero-order chi connectivity index (χ0) is 12.0. The van der Waals surface area contributed by atoms with Crippen LogP contribution >= 0.6 is 11.6 Å². The minimum atomic E-state index is -1.27. The van der Waals surface area contributed by atoms with E-state index in [4.69, 9.17) is 16.3 Å². The van der Waals surface area contributed by atoms with Crippen molar-refractivity contribution < 1.29 is 9.13 Å². The van der Waals surface area contributed by atoms with Crippen LogP contribution in [-0.2, 0) is 10.3 Å². The Morgan fingerprint density at radius 2 is 2.06 bits per heavy atom. The van der Waals surface area contributed by atoms with Crippen LogP contribution in [0.15, 0.2) is 18.2 Å². The summed E-state index contributed by atoms with van der Waals surface area (Å²) in [5.41, 5.74) is 0.304. The smallest absolute Gasteiger partial charge is 0.130 e. The van der Waals surface area contributed by atoms with Gasteiger partial charge in [0.2, 0.25) is 0 Å². The highest BCUT2D eigenvalue weighted by Gasteiger charge is 2.50. The van der Waals surface area contributed by atoms with Gasteiger partial charge in [0.25, 0.3) is 0 Å². The Kier molecular flexibility index (Phi) is 2.89. The van der Waals surface area contributed by atoms with E-state index in [0.717, 1.165) is 6.04 Å². The first-order valence-electron chi connectivity index (χ1n) is 5.42. The summed E-state index contributed by atoms with van der Waals surface area (Å²) in [7, 11) is -1.27. The highest BCUT2D eigenvalue weighted by atomic mass is 35.5. The molecule has 0 amide bonds. The van der Waals surface area contributed by atoms with Crippen molar-refractivity contribution >= 4 is 19.7 Å². The summed E-state index contributed by atoms with van der Waals surface area (Å²) in [6.07, 6.45) is 0. The number of hydrogen-bond acceptors (Lipinski definition) is 1. The van der Waals surface area contributed by atoms with Crippen molar-refractivity contribution in [3.05, 3.63) is 34.6 Å². The number of benzene rings is 1. The van der Waals surface area contributed by atoms with Gasteiger partial charge in [-0.15, -0.1) is 0 Å². The molecule has 1 fully saturated rings. The van der Waals surface area contributed by atoms with E-state index in [9.17, 15) is 4.39 Å². The Morgan fingerprint density at radius 1 is 1.44 bits per heavy atom. The fourth-order valence-corrected chi connectivity index (χ4v) is 4.42. The van der Waals surface area contributed by atoms with Gasteiger partial charge in [0.05, 0.1) is 6.61 Å². The van der Waals surface area contributed by atoms with Gasteiger partial charge in [0.1, 0.15) is 11.4 Å². The topological polar surface area (TPSA) is 12.5 Å². The zero-order valence-corrected chi connectivity index (χ0v) is 11.6. The molecule has 16 heavy (non-hydrogen) atoms. The molecule has 88 valence electrons. The Morgan fingerprint density at radius 3 is 2.50 bits per heavy atom. The van der Waals surface area contributed by atoms with E-state index < -0.39 is 8.07 Å². The maximum Gasteiger partial charge on any atom is 0.130 e. The van der Waals surface area contributed by atoms with Crippen molar-refractivity contribution in [2.75, 3.05) is 6.61 Å². The Balaban J connectivity index is 2.30. The number of epoxide rings is 1. The lowest BCUT2D eigenvalue weighted by Crippen LogP contribution is -2.28. The molecule has 0 aliphatic carbocycles. The molecule has 1 aliphatic heterocycles. The molecule has 1 aromatic rings. The van der Waals surface area contributed by atoms with E-state index in [0.29, 0.717) is 17.2 Å². The predicted octanol–water partition coefficient (Wildman–Crippen LogP) is 4.04. The minimum Gasteiger partial charge on any atom is -0.365 e. The average Bonchev–Trinajstić information content (AvgIpc) is 2.81. The van der Waals surface area contributed by atoms with Gasteiger partial charge >= 0.3 is 0 Å². The molecule has 1 nitrogen and oxygen atoms in total. The zero-order valence-electron chi connectivity index (χ0n) is 9.81. The van der Waals surface area contributed by atoms with Crippen LogP contribution in [0.4, 0.5) is 4.39 Å². The first kappa shape index (κ1) is 12.1. The van der Waals surface area contributed by atoms with Gasteiger partial charge in [0.15, 0.2) is 0 Å². The minimum absolute atomic E-state index is 0.247. The molecule has 4 heteroatoms. The van der Waals surface area contributed by atoms with Gasteiger partial charge in [-0.05, 0) is 18.2 Å². The lowest BCUT2D eigenvalue weighted by molar-refractivity contribution is 0.319. The fraction of sp³-hybridized carbons (Fsp3) is 0.500. The van der Waals surface area contributed by atoms with Gasteiger partial charge in [-0.2, -0.15) is 0 Å². The highest BCUT2D eigenvalue weighted by Crippen LogP contribution is 2.46. The van der Waals surface area contributed by atoms with Crippen molar-refractivity contribution in [3.63, 3.8) is 0 Å². The lowest BCUT2D eigenvalue weighted by Gasteiger charge is -2.22. The number of rotatable bonds is 3. The monoisotopic (exact) mass is 258 g/mol. The second-order valence-corrected chi connectivity index (χ2v) is 11.6. The van der Waals surface area contributed by atoms with Crippen LogP contribution < -0.4 is 0 Å². The largest absolute Gasteiger partial charge is 0.365 e. The summed E-state index contributed by atoms with van der Waals surface area (Å²) in [5, 5.41) is 0.435. The summed E-state index contributed by atoms with van der Waals surface area (Å²) in [5.74, 6) is -0.247. The summed E-state index contributed by atoms with van der Waals surface area (Å²) in [6.45, 7) is 7.44. The third-order valence-electron chi connectivity index (χ3n) is 2.73. The number of ether oxygens (including phenoxy) is 1. The van der Waals surface area contributed by atoms with Crippen LogP contribution in [0.5, 0.6) is 0 Å². The van der Waals surface area contributed by atoms with E-state index >= 15 is 0 Å². The molecule has 1 atom stereocenters. The van der Waals surface area contributed by atoms with E-state index in [1.807, 2.05) is 0 Å². The van der Waals surface area contributed by atoms with Crippen LogP contribution in [-0.4, -0.2) is 14.7 Å². The summed E-state index contributed by atoms with van der Waals surface area (Å²) in [6, 6.07) is 5.81. The number of halogens is 2. The molecule has 1 aromatic carbocycles. The Labute approximate surface area is 102 Å². The van der Waals surface area contributed by atoms with Crippen LogP contribution in [0.1, 0.15) is 5.56 Å². The maximum atomic E-state index is 13.8. The molecule has 2 rings (SSSR count). The second kappa shape index (κ2) is 3.83. The van der Waals surface area contributed by atoms with Crippen LogP contribution in [0.2, 0.25) is 30.7 Å². The Bertz CT molecular complexity index is 410. The first-order valence-corrected chi connectivity index (χ1v) is 9.50. The van der Waals surface area contributed by atoms with E-state index in [1.165, 1.54) is 6.07 Å². The van der Waals surface area contributed by atoms with Crippen molar-refractivity contribution in [3.8, 4) is 0 Å². The standard InChI is InChI=1S/C12H16ClFOSi/c1-16(2,3)8-12(7-15-12)10-5-4-9(13)6-11(10)14/h4-6H,7-8H2,1-3H3. The van der Waals surface area contributed by atoms with Crippen molar-refractivity contribution in [1.82, 2.24) is 0 Å². The normalized spacial score (nSPS) is 24.6. The molecule has 0 N–H and O–H groups in total. The molecular weight excluding hydrogens is 243 g/mol. The lowest BCUT2D eigenvalue weighted by atomic mass is 10.0. The van der Waals surface area contributed by atoms with E-state index in [1.54, 1.807) is 12.1 Å². The molecule has 1 unspecified atom stereocenters.